The van der Waals surface area contributed by atoms with Crippen LogP contribution in [0.3, 0.4) is 0 Å². The molecule has 0 aliphatic heterocycles. The lowest BCUT2D eigenvalue weighted by molar-refractivity contribution is -0.118. The van der Waals surface area contributed by atoms with Crippen molar-refractivity contribution in [2.24, 2.45) is 34.4 Å². The normalized spacial score (nSPS) is 12.3. The fourth-order valence-corrected chi connectivity index (χ4v) is 8.77. The van der Waals surface area contributed by atoms with Crippen molar-refractivity contribution < 1.29 is 57.3 Å². The summed E-state index contributed by atoms with van der Waals surface area (Å²) in [5.41, 5.74) is 35.4. The molecule has 0 aliphatic carbocycles. The zero-order valence-electron chi connectivity index (χ0n) is 47.8. The third-order valence-electron chi connectivity index (χ3n) is 13.4. The first-order valence-electron chi connectivity index (χ1n) is 27.7. The smallest absolute Gasteiger partial charge is 0.255 e. The number of hydrogen-bond acceptors (Lipinski definition) is 17. The minimum Gasteiger partial charge on any atom is -0.496 e. The van der Waals surface area contributed by atoms with E-state index in [1.165, 1.54) is 101 Å². The van der Waals surface area contributed by atoms with E-state index in [0.717, 1.165) is 6.42 Å². The van der Waals surface area contributed by atoms with Gasteiger partial charge >= 0.3 is 0 Å². The molecule has 4 rings (SSSR count). The van der Waals surface area contributed by atoms with E-state index in [1.54, 1.807) is 0 Å². The van der Waals surface area contributed by atoms with Gasteiger partial charge in [0, 0.05) is 28.8 Å². The van der Waals surface area contributed by atoms with Gasteiger partial charge in [0.1, 0.15) is 41.1 Å². The molecule has 0 bridgehead atoms. The lowest BCUT2D eigenvalue weighted by Gasteiger charge is -2.22. The molecule has 25 heteroatoms. The molecule has 83 heavy (non-hydrogen) atoms. The largest absolute Gasteiger partial charge is 0.496 e. The zero-order valence-corrected chi connectivity index (χ0v) is 47.8. The maximum Gasteiger partial charge on any atom is 0.255 e. The molecule has 4 aromatic rings. The van der Waals surface area contributed by atoms with Crippen LogP contribution in [-0.2, 0) is 19.2 Å². The molecule has 4 atom stereocenters. The van der Waals surface area contributed by atoms with Gasteiger partial charge in [0.2, 0.25) is 23.6 Å². The van der Waals surface area contributed by atoms with Gasteiger partial charge in [-0.05, 0) is 151 Å². The second-order valence-electron chi connectivity index (χ2n) is 19.5. The predicted molar refractivity (Wildman–Crippen MR) is 318 cm³/mol. The number of primary amides is 1. The molecule has 19 N–H and O–H groups in total. The summed E-state index contributed by atoms with van der Waals surface area (Å²) in [6.07, 6.45) is 7.17. The fourth-order valence-electron chi connectivity index (χ4n) is 8.77. The molecule has 452 valence electrons. The van der Waals surface area contributed by atoms with Gasteiger partial charge in [0.25, 0.3) is 23.6 Å². The van der Waals surface area contributed by atoms with Gasteiger partial charge in [-0.3, -0.25) is 38.4 Å². The maximum absolute atomic E-state index is 14.3. The minimum absolute atomic E-state index is 0.0224. The summed E-state index contributed by atoms with van der Waals surface area (Å²) in [6, 6.07) is 13.5. The Balaban J connectivity index is 1.55. The van der Waals surface area contributed by atoms with Crippen molar-refractivity contribution in [1.29, 1.82) is 0 Å². The van der Waals surface area contributed by atoms with Gasteiger partial charge in [-0.2, -0.15) is 0 Å². The molecule has 0 unspecified atom stereocenters. The van der Waals surface area contributed by atoms with Crippen LogP contribution in [0, 0.1) is 0 Å². The van der Waals surface area contributed by atoms with E-state index < -0.39 is 71.4 Å². The molecular formula is C58H83N13O12. The van der Waals surface area contributed by atoms with Crippen LogP contribution in [0.25, 0.3) is 0 Å². The van der Waals surface area contributed by atoms with Crippen LogP contribution in [0.5, 0.6) is 23.0 Å². The average molecular weight is 1150 g/mol. The van der Waals surface area contributed by atoms with E-state index in [9.17, 15) is 38.4 Å². The van der Waals surface area contributed by atoms with E-state index >= 15 is 0 Å². The molecular weight excluding hydrogens is 1070 g/mol. The van der Waals surface area contributed by atoms with Crippen LogP contribution in [0.2, 0.25) is 0 Å². The van der Waals surface area contributed by atoms with Crippen molar-refractivity contribution in [1.82, 2.24) is 16.0 Å². The quantitative estimate of drug-likeness (QED) is 0.0287. The van der Waals surface area contributed by atoms with Crippen molar-refractivity contribution in [3.63, 3.8) is 0 Å². The average Bonchev–Trinajstić information content (AvgIpc) is 3.52. The van der Waals surface area contributed by atoms with Crippen molar-refractivity contribution in [2.75, 3.05) is 75.9 Å². The number of nitrogens with one attached hydrogen (secondary N) is 7. The Bertz CT molecular complexity index is 2840. The summed E-state index contributed by atoms with van der Waals surface area (Å²) in [5, 5.41) is 19.5. The minimum atomic E-state index is -1.15. The number of carbonyl (C=O) groups excluding carboxylic acids is 8. The number of methoxy groups -OCH3 is 4. The molecule has 8 amide bonds. The number of ether oxygens (including phenoxy) is 4. The Morgan fingerprint density at radius 3 is 1.07 bits per heavy atom. The number of nitrogens with two attached hydrogens (primary N) is 6. The highest BCUT2D eigenvalue weighted by molar-refractivity contribution is 6.07. The number of amides is 8. The Kier molecular flexibility index (Phi) is 28.7. The Labute approximate surface area is 484 Å². The first kappa shape index (κ1) is 67.1. The molecule has 0 fully saturated rings. The van der Waals surface area contributed by atoms with Gasteiger partial charge < -0.3 is 90.6 Å². The summed E-state index contributed by atoms with van der Waals surface area (Å²) >= 11 is 0. The lowest BCUT2D eigenvalue weighted by atomic mass is 10.0. The van der Waals surface area contributed by atoms with E-state index in [0.29, 0.717) is 96.1 Å². The molecule has 0 saturated carbocycles. The second-order valence-corrected chi connectivity index (χ2v) is 19.5. The van der Waals surface area contributed by atoms with Crippen LogP contribution in [-0.4, -0.2) is 126 Å². The summed E-state index contributed by atoms with van der Waals surface area (Å²) in [6.45, 7) is 1.68. The topological polar surface area (TPSA) is 414 Å². The lowest BCUT2D eigenvalue weighted by Crippen LogP contribution is -2.44. The zero-order chi connectivity index (χ0) is 60.8. The highest BCUT2D eigenvalue weighted by Gasteiger charge is 2.29. The second kappa shape index (κ2) is 35.5. The van der Waals surface area contributed by atoms with Crippen molar-refractivity contribution in [2.45, 2.75) is 114 Å². The molecule has 0 heterocycles. The molecule has 0 saturated heterocycles. The van der Waals surface area contributed by atoms with Crippen LogP contribution in [0.1, 0.15) is 131 Å². The molecule has 0 aromatic heterocycles. The standard InChI is InChI=1S/C58H83N13O12/c1-80-47-24-20-35(31-40(47)51(64)72)66-56(77)44(16-7-5-11-27-59)70-53(74)41-32-36(21-25-48(41)81-2)67-57(78)45(17-8-6-12-28-60)71-54(75)42-33-37(22-26-49(42)82-3)68-58(79)46(18-10-14-30-62)69-52(73)39-23-19-38(34-50(39)83-4)65-55(76)43(63)15-9-13-29-61/h19-26,31-34,43-46H,5-18,27-30,59-63H2,1-4H3,(H2,64,72)(H,65,76)(H,66,77)(H,67,78)(H,68,79)(H,69,73)(H,70,74)(H,71,75)/t43-,44-,45-,46-/m0/s1. The van der Waals surface area contributed by atoms with Gasteiger partial charge in [-0.1, -0.05) is 32.1 Å². The number of rotatable bonds is 37. The van der Waals surface area contributed by atoms with Crippen molar-refractivity contribution in [3.05, 3.63) is 95.1 Å². The van der Waals surface area contributed by atoms with Crippen molar-refractivity contribution >= 4 is 70.0 Å². The van der Waals surface area contributed by atoms with Gasteiger partial charge in [-0.25, -0.2) is 0 Å². The first-order chi connectivity index (χ1) is 39.9. The molecule has 0 spiro atoms. The summed E-state index contributed by atoms with van der Waals surface area (Å²) < 4.78 is 21.8. The Hall–Kier alpha value is -8.36. The maximum atomic E-state index is 14.3. The highest BCUT2D eigenvalue weighted by Crippen LogP contribution is 2.28. The van der Waals surface area contributed by atoms with Gasteiger partial charge in [0.05, 0.1) is 56.7 Å². The third-order valence-corrected chi connectivity index (χ3v) is 13.4. The molecule has 0 radical (unpaired) electrons. The summed E-state index contributed by atoms with van der Waals surface area (Å²) in [5.74, 6) is -4.50. The van der Waals surface area contributed by atoms with E-state index in [1.807, 2.05) is 0 Å². The summed E-state index contributed by atoms with van der Waals surface area (Å²) in [4.78, 5) is 109. The summed E-state index contributed by atoms with van der Waals surface area (Å²) in [7, 11) is 5.45. The number of unbranched alkanes of at least 4 members (excludes halogenated alkanes) is 6. The fraction of sp³-hybridized carbons (Fsp3) is 0.448. The van der Waals surface area contributed by atoms with Gasteiger partial charge in [-0.15, -0.1) is 0 Å². The number of anilines is 4. The van der Waals surface area contributed by atoms with Crippen LogP contribution in [0.4, 0.5) is 22.7 Å². The Morgan fingerprint density at radius 1 is 0.373 bits per heavy atom. The van der Waals surface area contributed by atoms with Gasteiger partial charge in [0.15, 0.2) is 0 Å². The Morgan fingerprint density at radius 2 is 0.687 bits per heavy atom. The molecule has 0 aliphatic rings. The first-order valence-corrected chi connectivity index (χ1v) is 27.7. The van der Waals surface area contributed by atoms with E-state index in [4.69, 9.17) is 53.3 Å². The van der Waals surface area contributed by atoms with Crippen LogP contribution >= 0.6 is 0 Å². The number of carbonyl (C=O) groups is 8. The van der Waals surface area contributed by atoms with E-state index in [2.05, 4.69) is 37.2 Å². The predicted octanol–water partition coefficient (Wildman–Crippen LogP) is 3.59. The van der Waals surface area contributed by atoms with Crippen molar-refractivity contribution in [3.8, 4) is 23.0 Å². The molecule has 25 nitrogen and oxygen atoms in total. The van der Waals surface area contributed by atoms with Crippen LogP contribution in [0.15, 0.2) is 72.8 Å². The number of hydrogen-bond donors (Lipinski definition) is 13. The molecule has 4 aromatic carbocycles. The monoisotopic (exact) mass is 1150 g/mol. The van der Waals surface area contributed by atoms with Crippen LogP contribution < -0.4 is 90.6 Å². The number of benzene rings is 4. The SMILES string of the molecule is COc1ccc(NC(=O)[C@H](CCCCCN)NC(=O)c2cc(NC(=O)[C@H](CCCCCN)NC(=O)c3cc(NC(=O)[C@H](CCCCN)NC(=O)c4ccc(NC(=O)[C@@H](N)CCCCN)cc4OC)ccc3OC)ccc2OC)cc1C(N)=O. The van der Waals surface area contributed by atoms with E-state index in [-0.39, 0.29) is 81.6 Å². The highest BCUT2D eigenvalue weighted by atomic mass is 16.5. The third kappa shape index (κ3) is 21.2.